The van der Waals surface area contributed by atoms with Crippen LogP contribution in [0.1, 0.15) is 33.3 Å². The maximum Gasteiger partial charge on any atom is 0.318 e. The normalized spacial score (nSPS) is 14.8. The summed E-state index contributed by atoms with van der Waals surface area (Å²) >= 11 is 1.72. The molecular formula is C25H31N5O3S. The number of aromatic nitrogens is 2. The zero-order chi connectivity index (χ0) is 24.1. The molecule has 0 saturated heterocycles. The summed E-state index contributed by atoms with van der Waals surface area (Å²) < 4.78 is 11.5. The third-order valence-corrected chi connectivity index (χ3v) is 6.76. The van der Waals surface area contributed by atoms with Crippen LogP contribution in [0, 0.1) is 0 Å². The molecular weight excluding hydrogens is 450 g/mol. The van der Waals surface area contributed by atoms with Crippen molar-refractivity contribution in [1.29, 1.82) is 0 Å². The zero-order valence-corrected chi connectivity index (χ0v) is 20.9. The number of methoxy groups -OCH3 is 1. The van der Waals surface area contributed by atoms with Crippen molar-refractivity contribution in [3.8, 4) is 6.01 Å². The molecule has 0 saturated carbocycles. The summed E-state index contributed by atoms with van der Waals surface area (Å²) in [6, 6.07) is 12.4. The van der Waals surface area contributed by atoms with E-state index in [-0.39, 0.29) is 18.0 Å². The van der Waals surface area contributed by atoms with Crippen molar-refractivity contribution in [3.05, 3.63) is 64.0 Å². The first-order chi connectivity index (χ1) is 16.5. The topological polar surface area (TPSA) is 71.0 Å². The predicted molar refractivity (Wildman–Crippen MR) is 135 cm³/mol. The third-order valence-electron chi connectivity index (χ3n) is 5.80. The van der Waals surface area contributed by atoms with Gasteiger partial charge in [0.05, 0.1) is 19.8 Å². The average Bonchev–Trinajstić information content (AvgIpc) is 3.34. The second-order valence-electron chi connectivity index (χ2n) is 8.55. The molecule has 0 aliphatic carbocycles. The van der Waals surface area contributed by atoms with E-state index in [0.29, 0.717) is 31.1 Å². The van der Waals surface area contributed by atoms with Crippen molar-refractivity contribution in [2.24, 2.45) is 0 Å². The molecule has 9 heteroatoms. The number of hydrogen-bond donors (Lipinski definition) is 0. The molecule has 0 bridgehead atoms. The average molecular weight is 482 g/mol. The predicted octanol–water partition coefficient (Wildman–Crippen LogP) is 3.85. The molecule has 1 aliphatic heterocycles. The SMILES string of the molecule is COc1ncc2c(n1)N(C)CCN(c1cccc(COC(CCN(C)C)c3cccs3)c1)C2=O. The van der Waals surface area contributed by atoms with Crippen LogP contribution in [0.3, 0.4) is 0 Å². The molecule has 180 valence electrons. The van der Waals surface area contributed by atoms with Crippen molar-refractivity contribution in [1.82, 2.24) is 14.9 Å². The molecule has 1 aliphatic rings. The van der Waals surface area contributed by atoms with Gasteiger partial charge in [-0.3, -0.25) is 4.79 Å². The first kappa shape index (κ1) is 24.1. The van der Waals surface area contributed by atoms with E-state index in [2.05, 4.69) is 46.5 Å². The highest BCUT2D eigenvalue weighted by molar-refractivity contribution is 7.10. The van der Waals surface area contributed by atoms with Gasteiger partial charge in [-0.25, -0.2) is 4.98 Å². The summed E-state index contributed by atoms with van der Waals surface area (Å²) in [5.74, 6) is 0.459. The Hall–Kier alpha value is -3.01. The first-order valence-electron chi connectivity index (χ1n) is 11.3. The van der Waals surface area contributed by atoms with Gasteiger partial charge in [0, 0.05) is 43.4 Å². The van der Waals surface area contributed by atoms with E-state index in [1.54, 1.807) is 22.4 Å². The van der Waals surface area contributed by atoms with Crippen LogP contribution >= 0.6 is 11.3 Å². The van der Waals surface area contributed by atoms with E-state index >= 15 is 0 Å². The van der Waals surface area contributed by atoms with Crippen molar-refractivity contribution in [2.45, 2.75) is 19.1 Å². The van der Waals surface area contributed by atoms with Gasteiger partial charge in [-0.1, -0.05) is 18.2 Å². The van der Waals surface area contributed by atoms with E-state index < -0.39 is 0 Å². The molecule has 34 heavy (non-hydrogen) atoms. The molecule has 2 aromatic heterocycles. The molecule has 1 amide bonds. The summed E-state index contributed by atoms with van der Waals surface area (Å²) in [6.45, 7) is 2.61. The van der Waals surface area contributed by atoms with E-state index in [9.17, 15) is 4.79 Å². The van der Waals surface area contributed by atoms with E-state index in [4.69, 9.17) is 9.47 Å². The highest BCUT2D eigenvalue weighted by Crippen LogP contribution is 2.29. The third kappa shape index (κ3) is 5.55. The van der Waals surface area contributed by atoms with Crippen LogP contribution < -0.4 is 14.5 Å². The Morgan fingerprint density at radius 3 is 2.79 bits per heavy atom. The zero-order valence-electron chi connectivity index (χ0n) is 20.1. The van der Waals surface area contributed by atoms with Gasteiger partial charge in [0.25, 0.3) is 5.91 Å². The Bertz CT molecular complexity index is 1110. The number of carbonyl (C=O) groups excluding carboxylic acids is 1. The minimum Gasteiger partial charge on any atom is -0.467 e. The van der Waals surface area contributed by atoms with Crippen LogP contribution in [0.2, 0.25) is 0 Å². The lowest BCUT2D eigenvalue weighted by molar-refractivity contribution is 0.0319. The van der Waals surface area contributed by atoms with E-state index in [1.165, 1.54) is 12.0 Å². The number of hydrogen-bond acceptors (Lipinski definition) is 8. The maximum atomic E-state index is 13.4. The van der Waals surface area contributed by atoms with Gasteiger partial charge in [0.1, 0.15) is 11.4 Å². The van der Waals surface area contributed by atoms with Gasteiger partial charge in [0.2, 0.25) is 0 Å². The fraction of sp³-hybridized carbons (Fsp3) is 0.400. The molecule has 4 rings (SSSR count). The van der Waals surface area contributed by atoms with Gasteiger partial charge in [-0.15, -0.1) is 11.3 Å². The number of amides is 1. The van der Waals surface area contributed by atoms with Crippen LogP contribution in [-0.2, 0) is 11.3 Å². The molecule has 1 atom stereocenters. The van der Waals surface area contributed by atoms with Gasteiger partial charge in [-0.2, -0.15) is 4.98 Å². The summed E-state index contributed by atoms with van der Waals surface area (Å²) in [5, 5.41) is 2.08. The Morgan fingerprint density at radius 2 is 2.06 bits per heavy atom. The summed E-state index contributed by atoms with van der Waals surface area (Å²) in [6.07, 6.45) is 2.50. The minimum atomic E-state index is -0.123. The second kappa shape index (κ2) is 10.9. The van der Waals surface area contributed by atoms with Gasteiger partial charge >= 0.3 is 6.01 Å². The molecule has 1 unspecified atom stereocenters. The van der Waals surface area contributed by atoms with Crippen molar-refractivity contribution in [3.63, 3.8) is 0 Å². The van der Waals surface area contributed by atoms with E-state index in [0.717, 1.165) is 24.2 Å². The van der Waals surface area contributed by atoms with Crippen molar-refractivity contribution >= 4 is 28.7 Å². The molecule has 1 aromatic carbocycles. The number of carbonyl (C=O) groups is 1. The number of thiophene rings is 1. The van der Waals surface area contributed by atoms with Crippen molar-refractivity contribution < 1.29 is 14.3 Å². The van der Waals surface area contributed by atoms with Crippen LogP contribution in [0.25, 0.3) is 0 Å². The Morgan fingerprint density at radius 1 is 1.21 bits per heavy atom. The van der Waals surface area contributed by atoms with Crippen LogP contribution in [0.5, 0.6) is 6.01 Å². The molecule has 3 aromatic rings. The summed E-state index contributed by atoms with van der Waals surface area (Å²) in [7, 11) is 7.59. The van der Waals surface area contributed by atoms with Gasteiger partial charge < -0.3 is 24.2 Å². The number of likely N-dealkylation sites (N-methyl/N-ethyl adjacent to an activating group) is 1. The number of benzene rings is 1. The lowest BCUT2D eigenvalue weighted by Gasteiger charge is -2.22. The number of ether oxygens (including phenoxy) is 2. The first-order valence-corrected chi connectivity index (χ1v) is 12.2. The highest BCUT2D eigenvalue weighted by Gasteiger charge is 2.28. The summed E-state index contributed by atoms with van der Waals surface area (Å²) in [5.41, 5.74) is 2.33. The quantitative estimate of drug-likeness (QED) is 0.460. The molecule has 0 spiro atoms. The number of anilines is 2. The van der Waals surface area contributed by atoms with Crippen LogP contribution in [0.15, 0.2) is 48.0 Å². The number of nitrogens with zero attached hydrogens (tertiary/aromatic N) is 5. The van der Waals surface area contributed by atoms with E-state index in [1.807, 2.05) is 36.2 Å². The summed E-state index contributed by atoms with van der Waals surface area (Å²) in [4.78, 5) is 29.1. The number of fused-ring (bicyclic) bond motifs is 1. The van der Waals surface area contributed by atoms with Crippen LogP contribution in [0.4, 0.5) is 11.5 Å². The van der Waals surface area contributed by atoms with Gasteiger partial charge in [-0.05, 0) is 49.7 Å². The van der Waals surface area contributed by atoms with Crippen molar-refractivity contribution in [2.75, 3.05) is 57.7 Å². The Kier molecular flexibility index (Phi) is 7.77. The molecule has 0 radical (unpaired) electrons. The molecule has 3 heterocycles. The molecule has 0 fully saturated rings. The smallest absolute Gasteiger partial charge is 0.318 e. The Labute approximate surface area is 204 Å². The van der Waals surface area contributed by atoms with Gasteiger partial charge in [0.15, 0.2) is 0 Å². The fourth-order valence-electron chi connectivity index (χ4n) is 3.92. The monoisotopic (exact) mass is 481 g/mol. The lowest BCUT2D eigenvalue weighted by atomic mass is 10.1. The fourth-order valence-corrected chi connectivity index (χ4v) is 4.72. The lowest BCUT2D eigenvalue weighted by Crippen LogP contribution is -2.33. The minimum absolute atomic E-state index is 0.0403. The number of rotatable bonds is 9. The largest absolute Gasteiger partial charge is 0.467 e. The molecule has 0 N–H and O–H groups in total. The standard InChI is InChI=1S/C25H31N5O3S/c1-28(2)11-10-21(22-9-6-14-34-22)33-17-18-7-5-8-19(15-18)30-13-12-29(3)23-20(24(30)31)16-26-25(27-23)32-4/h5-9,14-16,21H,10-13,17H2,1-4H3. The Balaban J connectivity index is 1.51. The maximum absolute atomic E-state index is 13.4. The van der Waals surface area contributed by atoms with Crippen LogP contribution in [-0.4, -0.2) is 68.7 Å². The molecule has 8 nitrogen and oxygen atoms in total. The highest BCUT2D eigenvalue weighted by atomic mass is 32.1. The second-order valence-corrected chi connectivity index (χ2v) is 9.53.